The minimum atomic E-state index is -0.386. The average Bonchev–Trinajstić information content (AvgIpc) is 1.85. The zero-order valence-electron chi connectivity index (χ0n) is 7.13. The normalized spacial score (nSPS) is 26.7. The van der Waals surface area contributed by atoms with Crippen LogP contribution >= 0.6 is 0 Å². The van der Waals surface area contributed by atoms with Crippen LogP contribution in [-0.2, 0) is 0 Å². The topological polar surface area (TPSA) is 44.6 Å². The first kappa shape index (κ1) is 8.27. The number of allylic oxidation sites excluding steroid dienone is 1. The first-order valence-corrected chi connectivity index (χ1v) is 3.77. The van der Waals surface area contributed by atoms with E-state index in [1.807, 2.05) is 20.0 Å². The third-order valence-corrected chi connectivity index (χ3v) is 1.76. The lowest BCUT2D eigenvalue weighted by Crippen LogP contribution is -2.42. The maximum absolute atomic E-state index is 9.26. The molecule has 2 unspecified atom stereocenters. The van der Waals surface area contributed by atoms with Gasteiger partial charge in [0.25, 0.3) is 0 Å². The Balaban J connectivity index is 2.72. The second-order valence-corrected chi connectivity index (χ2v) is 2.92. The van der Waals surface area contributed by atoms with E-state index in [0.29, 0.717) is 0 Å². The van der Waals surface area contributed by atoms with Crippen molar-refractivity contribution < 1.29 is 5.11 Å². The smallest absolute Gasteiger partial charge is 0.0897 e. The van der Waals surface area contributed by atoms with Crippen LogP contribution in [0.4, 0.5) is 0 Å². The van der Waals surface area contributed by atoms with Crippen LogP contribution < -0.4 is 5.32 Å². The van der Waals surface area contributed by atoms with Crippen molar-refractivity contribution in [2.75, 3.05) is 0 Å². The van der Waals surface area contributed by atoms with Crippen molar-refractivity contribution in [3.05, 3.63) is 11.9 Å². The highest BCUT2D eigenvalue weighted by atomic mass is 16.3. The van der Waals surface area contributed by atoms with Gasteiger partial charge in [0.1, 0.15) is 0 Å². The molecular formula is C8H14N2O. The summed E-state index contributed by atoms with van der Waals surface area (Å²) < 4.78 is 0. The molecule has 1 heterocycles. The molecule has 0 aromatic rings. The molecule has 0 bridgehead atoms. The van der Waals surface area contributed by atoms with Crippen LogP contribution in [0.3, 0.4) is 0 Å². The van der Waals surface area contributed by atoms with E-state index >= 15 is 0 Å². The van der Waals surface area contributed by atoms with Gasteiger partial charge in [0, 0.05) is 11.9 Å². The molecule has 62 valence electrons. The van der Waals surface area contributed by atoms with Crippen LogP contribution in [0.15, 0.2) is 16.9 Å². The van der Waals surface area contributed by atoms with Crippen molar-refractivity contribution in [2.45, 2.75) is 32.9 Å². The van der Waals surface area contributed by atoms with Crippen LogP contribution in [0.5, 0.6) is 0 Å². The maximum atomic E-state index is 9.26. The number of aliphatic hydroxyl groups excluding tert-OH is 1. The summed E-state index contributed by atoms with van der Waals surface area (Å²) in [5, 5.41) is 12.3. The van der Waals surface area contributed by atoms with Gasteiger partial charge in [-0.15, -0.1) is 0 Å². The summed E-state index contributed by atoms with van der Waals surface area (Å²) in [6.45, 7) is 5.60. The summed E-state index contributed by atoms with van der Waals surface area (Å²) in [6, 6.07) is -0.0151. The molecule has 0 spiro atoms. The Labute approximate surface area is 66.8 Å². The maximum Gasteiger partial charge on any atom is 0.0897 e. The molecule has 0 aromatic carbocycles. The molecule has 0 aromatic heterocycles. The van der Waals surface area contributed by atoms with Gasteiger partial charge in [-0.05, 0) is 20.8 Å². The van der Waals surface area contributed by atoms with E-state index in [0.717, 1.165) is 11.4 Å². The fraction of sp³-hybridized carbons (Fsp3) is 0.625. The predicted octanol–water partition coefficient (Wildman–Crippen LogP) is 0.661. The number of aliphatic imine (C=N–C) groups is 1. The van der Waals surface area contributed by atoms with Crippen molar-refractivity contribution in [3.8, 4) is 0 Å². The van der Waals surface area contributed by atoms with Crippen LogP contribution in [0.2, 0.25) is 0 Å². The zero-order chi connectivity index (χ0) is 8.43. The summed E-state index contributed by atoms with van der Waals surface area (Å²) in [5.41, 5.74) is 1.90. The third-order valence-electron chi connectivity index (χ3n) is 1.76. The highest BCUT2D eigenvalue weighted by Gasteiger charge is 2.18. The molecule has 0 radical (unpaired) electrons. The standard InChI is InChI=1S/C8H14N2O/c1-5-4-9-8(7(3)11)6(2)10-5/h4,7-9,11H,1-3H3. The van der Waals surface area contributed by atoms with Gasteiger partial charge in [0.2, 0.25) is 0 Å². The van der Waals surface area contributed by atoms with E-state index in [-0.39, 0.29) is 12.1 Å². The Morgan fingerprint density at radius 1 is 1.64 bits per heavy atom. The van der Waals surface area contributed by atoms with Gasteiger partial charge in [-0.2, -0.15) is 0 Å². The van der Waals surface area contributed by atoms with Crippen LogP contribution in [0.1, 0.15) is 20.8 Å². The minimum Gasteiger partial charge on any atom is -0.391 e. The van der Waals surface area contributed by atoms with Crippen LogP contribution in [0, 0.1) is 0 Å². The molecule has 1 rings (SSSR count). The molecule has 0 saturated heterocycles. The van der Waals surface area contributed by atoms with Crippen molar-refractivity contribution in [2.24, 2.45) is 4.99 Å². The lowest BCUT2D eigenvalue weighted by Gasteiger charge is -2.23. The minimum absolute atomic E-state index is 0.0151. The highest BCUT2D eigenvalue weighted by molar-refractivity contribution is 5.89. The fourth-order valence-corrected chi connectivity index (χ4v) is 1.20. The van der Waals surface area contributed by atoms with E-state index in [1.165, 1.54) is 0 Å². The molecule has 0 fully saturated rings. The number of aliphatic hydroxyl groups is 1. The molecular weight excluding hydrogens is 140 g/mol. The molecule has 1 aliphatic heterocycles. The quantitative estimate of drug-likeness (QED) is 0.582. The number of rotatable bonds is 1. The average molecular weight is 154 g/mol. The summed E-state index contributed by atoms with van der Waals surface area (Å²) in [7, 11) is 0. The summed E-state index contributed by atoms with van der Waals surface area (Å²) in [4.78, 5) is 4.24. The van der Waals surface area contributed by atoms with Gasteiger partial charge in [-0.3, -0.25) is 4.99 Å². The van der Waals surface area contributed by atoms with Gasteiger partial charge in [-0.1, -0.05) is 0 Å². The molecule has 0 aliphatic carbocycles. The van der Waals surface area contributed by atoms with Crippen molar-refractivity contribution in [1.29, 1.82) is 0 Å². The van der Waals surface area contributed by atoms with Gasteiger partial charge >= 0.3 is 0 Å². The zero-order valence-corrected chi connectivity index (χ0v) is 7.13. The first-order valence-electron chi connectivity index (χ1n) is 3.77. The number of nitrogens with one attached hydrogen (secondary N) is 1. The Morgan fingerprint density at radius 3 is 2.73 bits per heavy atom. The van der Waals surface area contributed by atoms with Gasteiger partial charge in [-0.25, -0.2) is 0 Å². The lowest BCUT2D eigenvalue weighted by atomic mass is 10.1. The number of hydrogen-bond donors (Lipinski definition) is 2. The largest absolute Gasteiger partial charge is 0.391 e. The molecule has 11 heavy (non-hydrogen) atoms. The van der Waals surface area contributed by atoms with Crippen molar-refractivity contribution in [1.82, 2.24) is 5.32 Å². The summed E-state index contributed by atoms with van der Waals surface area (Å²) >= 11 is 0. The first-order chi connectivity index (χ1) is 5.11. The molecule has 2 atom stereocenters. The number of hydrogen-bond acceptors (Lipinski definition) is 3. The van der Waals surface area contributed by atoms with E-state index < -0.39 is 0 Å². The highest BCUT2D eigenvalue weighted by Crippen LogP contribution is 2.06. The van der Waals surface area contributed by atoms with Gasteiger partial charge in [0.15, 0.2) is 0 Å². The Hall–Kier alpha value is -0.830. The summed E-state index contributed by atoms with van der Waals surface area (Å²) in [6.07, 6.45) is 1.44. The SMILES string of the molecule is CC1=CNC(C(C)O)C(C)=N1. The Kier molecular flexibility index (Phi) is 2.29. The fourth-order valence-electron chi connectivity index (χ4n) is 1.20. The Morgan fingerprint density at radius 2 is 2.27 bits per heavy atom. The second kappa shape index (κ2) is 3.05. The van der Waals surface area contributed by atoms with Gasteiger partial charge in [0.05, 0.1) is 17.8 Å². The van der Waals surface area contributed by atoms with Crippen molar-refractivity contribution >= 4 is 5.71 Å². The van der Waals surface area contributed by atoms with Crippen molar-refractivity contribution in [3.63, 3.8) is 0 Å². The van der Waals surface area contributed by atoms with E-state index in [1.54, 1.807) is 6.92 Å². The Bertz CT molecular complexity index is 206. The van der Waals surface area contributed by atoms with Crippen LogP contribution in [-0.4, -0.2) is 23.0 Å². The molecule has 3 heteroatoms. The van der Waals surface area contributed by atoms with Gasteiger partial charge < -0.3 is 10.4 Å². The predicted molar refractivity (Wildman–Crippen MR) is 45.5 cm³/mol. The van der Waals surface area contributed by atoms with E-state index in [9.17, 15) is 5.11 Å². The molecule has 3 nitrogen and oxygen atoms in total. The third kappa shape index (κ3) is 1.80. The lowest BCUT2D eigenvalue weighted by molar-refractivity contribution is 0.176. The monoisotopic (exact) mass is 154 g/mol. The molecule has 1 aliphatic rings. The van der Waals surface area contributed by atoms with Crippen LogP contribution in [0.25, 0.3) is 0 Å². The number of nitrogens with zero attached hydrogens (tertiary/aromatic N) is 1. The van der Waals surface area contributed by atoms with E-state index in [2.05, 4.69) is 10.3 Å². The second-order valence-electron chi connectivity index (χ2n) is 2.92. The molecule has 0 saturated carbocycles. The van der Waals surface area contributed by atoms with E-state index in [4.69, 9.17) is 0 Å². The molecule has 0 amide bonds. The summed E-state index contributed by atoms with van der Waals surface area (Å²) in [5.74, 6) is 0. The molecule has 2 N–H and O–H groups in total.